The molecular formula is C14H6F16O4. The first-order chi connectivity index (χ1) is 14.7. The van der Waals surface area contributed by atoms with Crippen molar-refractivity contribution in [3.63, 3.8) is 0 Å². The Morgan fingerprint density at radius 1 is 0.441 bits per heavy atom. The second-order valence-electron chi connectivity index (χ2n) is 5.73. The highest BCUT2D eigenvalue weighted by Gasteiger charge is 2.96. The number of hydrogen-bond donors (Lipinski definition) is 0. The van der Waals surface area contributed by atoms with Crippen molar-refractivity contribution in [2.45, 2.75) is 47.8 Å². The Bertz CT molecular complexity index is 764. The van der Waals surface area contributed by atoms with Crippen molar-refractivity contribution in [3.05, 3.63) is 25.3 Å². The van der Waals surface area contributed by atoms with Crippen LogP contribution in [0.2, 0.25) is 0 Å². The molecule has 0 rings (SSSR count). The maximum atomic E-state index is 13.5. The molecule has 0 atom stereocenters. The second kappa shape index (κ2) is 8.51. The molecule has 0 aliphatic heterocycles. The van der Waals surface area contributed by atoms with Gasteiger partial charge in [0.1, 0.15) is 0 Å². The van der Waals surface area contributed by atoms with E-state index in [9.17, 15) is 79.8 Å². The Morgan fingerprint density at radius 3 is 0.794 bits per heavy atom. The first-order valence-corrected chi connectivity index (χ1v) is 7.39. The summed E-state index contributed by atoms with van der Waals surface area (Å²) in [4.78, 5) is 21.0. The molecule has 198 valence electrons. The molecular weight excluding hydrogens is 536 g/mol. The molecule has 0 saturated carbocycles. The fourth-order valence-corrected chi connectivity index (χ4v) is 1.62. The van der Waals surface area contributed by atoms with Gasteiger partial charge in [0.15, 0.2) is 0 Å². The molecule has 0 heterocycles. The van der Waals surface area contributed by atoms with Crippen LogP contribution in [0, 0.1) is 0 Å². The molecule has 0 bridgehead atoms. The van der Waals surface area contributed by atoms with Crippen LogP contribution in [0.25, 0.3) is 0 Å². The standard InChI is InChI=1S/C14H6F16O4/c1-3-5(31)33-13(27,28)11(23,24)9(19,20)7(15,16)8(17,18)10(21,22)12(25,26)14(29,30)34-6(32)4-2/h3-4H,1-2H2. The van der Waals surface area contributed by atoms with Gasteiger partial charge in [-0.15, -0.1) is 0 Å². The van der Waals surface area contributed by atoms with E-state index in [1.807, 2.05) is 0 Å². The van der Waals surface area contributed by atoms with Gasteiger partial charge in [-0.3, -0.25) is 0 Å². The highest BCUT2D eigenvalue weighted by atomic mass is 19.4. The molecule has 34 heavy (non-hydrogen) atoms. The van der Waals surface area contributed by atoms with Crippen LogP contribution >= 0.6 is 0 Å². The number of hydrogen-bond acceptors (Lipinski definition) is 4. The van der Waals surface area contributed by atoms with E-state index < -0.39 is 71.8 Å². The zero-order valence-electron chi connectivity index (χ0n) is 15.2. The first-order valence-electron chi connectivity index (χ1n) is 7.39. The minimum atomic E-state index is -8.72. The Balaban J connectivity index is 6.79. The lowest BCUT2D eigenvalue weighted by Gasteiger charge is -2.42. The van der Waals surface area contributed by atoms with Crippen LogP contribution in [0.4, 0.5) is 70.2 Å². The molecule has 0 saturated heterocycles. The third kappa shape index (κ3) is 4.25. The SMILES string of the molecule is C=CC(=O)OC(F)(F)C(F)(F)C(F)(F)C(F)(F)C(F)(F)C(F)(F)C(F)(F)C(F)(F)OC(=O)C=C. The number of carbonyl (C=O) groups excluding carboxylic acids is 2. The van der Waals surface area contributed by atoms with E-state index in [4.69, 9.17) is 0 Å². The fourth-order valence-electron chi connectivity index (χ4n) is 1.62. The summed E-state index contributed by atoms with van der Waals surface area (Å²) < 4.78 is 218. The zero-order valence-corrected chi connectivity index (χ0v) is 15.2. The largest absolute Gasteiger partial charge is 0.473 e. The van der Waals surface area contributed by atoms with Crippen molar-refractivity contribution < 1.29 is 89.3 Å². The molecule has 0 aliphatic carbocycles. The van der Waals surface area contributed by atoms with Crippen molar-refractivity contribution in [1.82, 2.24) is 0 Å². The second-order valence-corrected chi connectivity index (χ2v) is 5.73. The smallest absolute Gasteiger partial charge is 0.393 e. The van der Waals surface area contributed by atoms with Gasteiger partial charge in [-0.25, -0.2) is 9.59 Å². The molecule has 20 heteroatoms. The van der Waals surface area contributed by atoms with Crippen LogP contribution < -0.4 is 0 Å². The Labute approximate surface area is 175 Å². The predicted octanol–water partition coefficient (Wildman–Crippen LogP) is 5.44. The number of halogens is 16. The van der Waals surface area contributed by atoms with E-state index in [0.717, 1.165) is 0 Å². The van der Waals surface area contributed by atoms with Gasteiger partial charge >= 0.3 is 59.7 Å². The summed E-state index contributed by atoms with van der Waals surface area (Å²) in [5.41, 5.74) is 0. The number of rotatable bonds is 11. The van der Waals surface area contributed by atoms with Crippen molar-refractivity contribution in [2.75, 3.05) is 0 Å². The normalized spacial score (nSPS) is 14.9. The maximum Gasteiger partial charge on any atom is 0.473 e. The van der Waals surface area contributed by atoms with Crippen molar-refractivity contribution >= 4 is 11.9 Å². The van der Waals surface area contributed by atoms with Gasteiger partial charge in [-0.05, 0) is 0 Å². The van der Waals surface area contributed by atoms with Crippen molar-refractivity contribution in [2.24, 2.45) is 0 Å². The number of carbonyl (C=O) groups is 2. The van der Waals surface area contributed by atoms with E-state index in [2.05, 4.69) is 22.6 Å². The maximum absolute atomic E-state index is 13.5. The molecule has 0 aromatic carbocycles. The van der Waals surface area contributed by atoms with Crippen LogP contribution in [0.1, 0.15) is 0 Å². The van der Waals surface area contributed by atoms with Crippen LogP contribution in [0.5, 0.6) is 0 Å². The Hall–Kier alpha value is -2.70. The molecule has 0 aliphatic rings. The lowest BCUT2D eigenvalue weighted by molar-refractivity contribution is -0.478. The van der Waals surface area contributed by atoms with Gasteiger partial charge in [0.2, 0.25) is 0 Å². The first kappa shape index (κ1) is 31.3. The average molecular weight is 542 g/mol. The quantitative estimate of drug-likeness (QED) is 0.198. The zero-order chi connectivity index (χ0) is 28.0. The van der Waals surface area contributed by atoms with Crippen LogP contribution in [0.15, 0.2) is 25.3 Å². The van der Waals surface area contributed by atoms with E-state index >= 15 is 0 Å². The van der Waals surface area contributed by atoms with Crippen molar-refractivity contribution in [3.8, 4) is 0 Å². The van der Waals surface area contributed by atoms with E-state index in [1.165, 1.54) is 0 Å². The monoisotopic (exact) mass is 542 g/mol. The summed E-state index contributed by atoms with van der Waals surface area (Å²) in [5, 5.41) is 0. The molecule has 0 N–H and O–H groups in total. The highest BCUT2D eigenvalue weighted by Crippen LogP contribution is 2.64. The predicted molar refractivity (Wildman–Crippen MR) is 72.2 cm³/mol. The number of alkyl halides is 16. The van der Waals surface area contributed by atoms with Gasteiger partial charge in [0.05, 0.1) is 0 Å². The summed E-state index contributed by atoms with van der Waals surface area (Å²) >= 11 is 0. The van der Waals surface area contributed by atoms with E-state index in [-0.39, 0.29) is 0 Å². The molecule has 0 aromatic rings. The van der Waals surface area contributed by atoms with Crippen LogP contribution in [-0.4, -0.2) is 59.7 Å². The van der Waals surface area contributed by atoms with Gasteiger partial charge in [-0.2, -0.15) is 70.2 Å². The minimum absolute atomic E-state index is 0.476. The molecule has 0 radical (unpaired) electrons. The van der Waals surface area contributed by atoms with Crippen LogP contribution in [0.3, 0.4) is 0 Å². The van der Waals surface area contributed by atoms with E-state index in [1.54, 1.807) is 0 Å². The summed E-state index contributed by atoms with van der Waals surface area (Å²) in [7, 11) is 0. The molecule has 0 aromatic heterocycles. The topological polar surface area (TPSA) is 52.6 Å². The van der Waals surface area contributed by atoms with Gasteiger partial charge in [0.25, 0.3) is 0 Å². The van der Waals surface area contributed by atoms with Gasteiger partial charge in [-0.1, -0.05) is 13.2 Å². The van der Waals surface area contributed by atoms with Crippen molar-refractivity contribution in [1.29, 1.82) is 0 Å². The third-order valence-corrected chi connectivity index (χ3v) is 3.49. The fraction of sp³-hybridized carbons (Fsp3) is 0.571. The summed E-state index contributed by atoms with van der Waals surface area (Å²) in [6, 6.07) is 0. The lowest BCUT2D eigenvalue weighted by atomic mass is 9.90. The third-order valence-electron chi connectivity index (χ3n) is 3.49. The summed E-state index contributed by atoms with van der Waals surface area (Å²) in [6.45, 7) is 4.56. The number of ether oxygens (including phenoxy) is 2. The van der Waals surface area contributed by atoms with Gasteiger partial charge in [0, 0.05) is 12.2 Å². The van der Waals surface area contributed by atoms with Crippen LogP contribution in [-0.2, 0) is 19.1 Å². The Kier molecular flexibility index (Phi) is 7.83. The van der Waals surface area contributed by atoms with Gasteiger partial charge < -0.3 is 9.47 Å². The summed E-state index contributed by atoms with van der Waals surface area (Å²) in [6.07, 6.45) is -15.4. The number of esters is 2. The molecule has 0 amide bonds. The molecule has 0 spiro atoms. The Morgan fingerprint density at radius 2 is 0.618 bits per heavy atom. The molecule has 4 nitrogen and oxygen atoms in total. The summed E-state index contributed by atoms with van der Waals surface area (Å²) in [5.74, 6) is -56.2. The van der Waals surface area contributed by atoms with E-state index in [0.29, 0.717) is 0 Å². The highest BCUT2D eigenvalue weighted by molar-refractivity contribution is 5.81. The molecule has 0 unspecified atom stereocenters. The minimum Gasteiger partial charge on any atom is -0.393 e. The average Bonchev–Trinajstić information content (AvgIpc) is 2.65. The molecule has 0 fully saturated rings. The lowest BCUT2D eigenvalue weighted by Crippen LogP contribution is -2.75.